The number of nitrogens with zero attached hydrogens (tertiary/aromatic N) is 13. The number of aryl methyl sites for hydroxylation is 1. The Balaban J connectivity index is 0.000000192. The number of halogens is 2. The second kappa shape index (κ2) is 32.4. The first-order valence-electron chi connectivity index (χ1n) is 30.5. The van der Waals surface area contributed by atoms with Crippen LogP contribution in [0.3, 0.4) is 0 Å². The van der Waals surface area contributed by atoms with E-state index < -0.39 is 69.8 Å². The van der Waals surface area contributed by atoms with Gasteiger partial charge in [-0.05, 0) is 119 Å². The van der Waals surface area contributed by atoms with Gasteiger partial charge in [0.15, 0.2) is 15.1 Å². The number of nitrogens with one attached hydrogen (secondary N) is 6. The largest absolute Gasteiger partial charge is 0.481 e. The van der Waals surface area contributed by atoms with E-state index in [1.54, 1.807) is 107 Å². The summed E-state index contributed by atoms with van der Waals surface area (Å²) in [5, 5.41) is 6.65. The van der Waals surface area contributed by atoms with Gasteiger partial charge in [-0.1, -0.05) is 46.4 Å². The molecule has 0 saturated heterocycles. The fourth-order valence-corrected chi connectivity index (χ4v) is 12.3. The molecule has 3 aromatic carbocycles. The molecule has 0 atom stereocenters. The lowest BCUT2D eigenvalue weighted by atomic mass is 9.94. The Labute approximate surface area is 582 Å². The van der Waals surface area contributed by atoms with Crippen LogP contribution in [0.4, 0.5) is 63.5 Å². The minimum Gasteiger partial charge on any atom is -0.481 e. The van der Waals surface area contributed by atoms with E-state index in [9.17, 15) is 48.4 Å². The van der Waals surface area contributed by atoms with Crippen molar-refractivity contribution in [3.63, 3.8) is 0 Å². The Hall–Kier alpha value is -11.6. The number of pyridine rings is 3. The van der Waals surface area contributed by atoms with Crippen molar-refractivity contribution in [3.8, 4) is 45.1 Å². The topological polar surface area (TPSA) is 374 Å². The van der Waals surface area contributed by atoms with Gasteiger partial charge in [0.2, 0.25) is 11.8 Å². The molecule has 0 radical (unpaired) electrons. The summed E-state index contributed by atoms with van der Waals surface area (Å²) < 4.78 is 121. The standard InChI is InChI=1S/C22H22FN7O3S.C22H25FN6O4S.C22H24N6O4S/c1-13(2)16-9-15(23)10-17(14-6-7-25-18(8-14)24-3)21(16)28-22(31)29-34(32,33)20-12-26-19(11-27-20)30(4)5;1-13(2)16-9-15(23)10-17(14-6-7-24-19(8-14)33-5)21(16)27-22(30)28-34(31,32)20-12-25-18(11-26-20)29(3)4;1-28(2)18-12-25-20(13-24-18)33(30,31)27-22(29)26-21-16-6-4-5-14(16)7-8-17(21)15-9-10-23-19(11-15)32-3/h6-13H,1-2,4-5H3,(H2,28,29,31);6-13H,1-5H3,(H2,27,28,30);7-13H,4-6H2,1-3H3,(H2,26,27,29). The highest BCUT2D eigenvalue weighted by atomic mass is 32.2. The predicted molar refractivity (Wildman–Crippen MR) is 376 cm³/mol. The molecule has 528 valence electrons. The van der Waals surface area contributed by atoms with E-state index in [-0.39, 0.29) is 39.6 Å². The van der Waals surface area contributed by atoms with E-state index in [4.69, 9.17) is 16.0 Å². The SMILES string of the molecule is COc1cc(-c2cc(F)cc(C(C)C)c2NC(=O)NS(=O)(=O)c2cnc(N(C)C)cn2)ccn1.COc1cc(-c2ccc3c(c2NC(=O)NS(=O)(=O)c2cnc(N(C)C)cn2)CCC3)ccn1.[C-]#[N+]c1cc(-c2cc(F)cc(C(C)C)c2NC(=O)NS(=O)(=O)c2cnc(N(C)C)cn2)ccn1. The molecule has 101 heavy (non-hydrogen) atoms. The van der Waals surface area contributed by atoms with Crippen molar-refractivity contribution in [3.05, 3.63) is 174 Å². The highest BCUT2D eigenvalue weighted by molar-refractivity contribution is 7.90. The molecule has 9 aromatic rings. The number of carbonyl (C=O) groups is 3. The summed E-state index contributed by atoms with van der Waals surface area (Å²) in [6.07, 6.45) is 14.2. The molecular formula is C66H71F2N19O11S3. The second-order valence-corrected chi connectivity index (χ2v) is 28.2. The average Bonchev–Trinajstić information content (AvgIpc) is 1.58. The van der Waals surface area contributed by atoms with Crippen LogP contribution in [0.1, 0.15) is 68.2 Å². The predicted octanol–water partition coefficient (Wildman–Crippen LogP) is 9.93. The fraction of sp³-hybridized carbons (Fsp3) is 0.258. The molecule has 6 N–H and O–H groups in total. The maximum absolute atomic E-state index is 14.5. The number of sulfonamides is 3. The Morgan fingerprint density at radius 3 is 1.21 bits per heavy atom. The van der Waals surface area contributed by atoms with Crippen molar-refractivity contribution < 1.29 is 57.9 Å². The van der Waals surface area contributed by atoms with Crippen LogP contribution in [0, 0.1) is 18.2 Å². The molecular weight excluding hydrogens is 1370 g/mol. The number of hydrogen-bond donors (Lipinski definition) is 6. The Morgan fingerprint density at radius 2 is 0.851 bits per heavy atom. The van der Waals surface area contributed by atoms with Gasteiger partial charge < -0.3 is 45.0 Å². The molecule has 6 heterocycles. The third-order valence-corrected chi connectivity index (χ3v) is 18.6. The third kappa shape index (κ3) is 19.0. The number of aromatic nitrogens is 9. The number of benzene rings is 3. The van der Waals surface area contributed by atoms with E-state index >= 15 is 0 Å². The van der Waals surface area contributed by atoms with Crippen LogP contribution in [-0.2, 0) is 42.9 Å². The number of methoxy groups -OCH3 is 2. The molecule has 1 aliphatic carbocycles. The zero-order chi connectivity index (χ0) is 73.7. The van der Waals surface area contributed by atoms with E-state index in [2.05, 4.69) is 65.7 Å². The number of hydrogen-bond acceptors (Lipinski definition) is 23. The number of rotatable bonds is 19. The zero-order valence-corrected chi connectivity index (χ0v) is 59.1. The maximum atomic E-state index is 14.5. The minimum absolute atomic E-state index is 0.0885. The van der Waals surface area contributed by atoms with Crippen LogP contribution in [-0.4, -0.2) is 145 Å². The van der Waals surface area contributed by atoms with Gasteiger partial charge in [-0.2, -0.15) is 25.3 Å². The molecule has 30 nitrogen and oxygen atoms in total. The average molecular weight is 1440 g/mol. The summed E-state index contributed by atoms with van der Waals surface area (Å²) in [5.74, 6) is 0.755. The lowest BCUT2D eigenvalue weighted by molar-refractivity contribution is 0.255. The van der Waals surface area contributed by atoms with Gasteiger partial charge in [0.05, 0.1) is 68.5 Å². The maximum Gasteiger partial charge on any atom is 0.333 e. The summed E-state index contributed by atoms with van der Waals surface area (Å²) in [4.78, 5) is 82.3. The minimum atomic E-state index is -4.33. The third-order valence-electron chi connectivity index (χ3n) is 14.9. The fourth-order valence-electron chi connectivity index (χ4n) is 9.95. The van der Waals surface area contributed by atoms with Crippen molar-refractivity contribution >= 4 is 88.5 Å². The lowest BCUT2D eigenvalue weighted by Gasteiger charge is -2.19. The molecule has 0 unspecified atom stereocenters. The zero-order valence-electron chi connectivity index (χ0n) is 56.7. The van der Waals surface area contributed by atoms with Crippen LogP contribution >= 0.6 is 0 Å². The summed E-state index contributed by atoms with van der Waals surface area (Å²) in [7, 11) is 0.559. The van der Waals surface area contributed by atoms with Gasteiger partial charge in [0.25, 0.3) is 35.9 Å². The van der Waals surface area contributed by atoms with E-state index in [1.165, 1.54) is 75.5 Å². The highest BCUT2D eigenvalue weighted by Gasteiger charge is 2.28. The van der Waals surface area contributed by atoms with Crippen molar-refractivity contribution in [2.24, 2.45) is 0 Å². The number of carbonyl (C=O) groups excluding carboxylic acids is 3. The highest BCUT2D eigenvalue weighted by Crippen LogP contribution is 2.41. The molecule has 0 fully saturated rings. The normalized spacial score (nSPS) is 11.7. The Kier molecular flexibility index (Phi) is 24.1. The first-order valence-corrected chi connectivity index (χ1v) is 34.9. The molecule has 35 heteroatoms. The van der Waals surface area contributed by atoms with Gasteiger partial charge in [-0.15, -0.1) is 4.98 Å². The lowest BCUT2D eigenvalue weighted by Crippen LogP contribution is -2.35. The van der Waals surface area contributed by atoms with Crippen LogP contribution < -0.4 is 54.3 Å². The number of urea groups is 3. The number of anilines is 6. The number of ether oxygens (including phenoxy) is 2. The molecule has 1 aliphatic rings. The van der Waals surface area contributed by atoms with E-state index in [0.717, 1.165) is 60.1 Å². The van der Waals surface area contributed by atoms with Gasteiger partial charge in [0, 0.05) is 83.5 Å². The summed E-state index contributed by atoms with van der Waals surface area (Å²) in [5.41, 5.74) is 7.19. The number of fused-ring (bicyclic) bond motifs is 1. The van der Waals surface area contributed by atoms with Crippen molar-refractivity contribution in [1.82, 2.24) is 59.0 Å². The first-order chi connectivity index (χ1) is 47.8. The molecule has 6 aromatic heterocycles. The van der Waals surface area contributed by atoms with Gasteiger partial charge in [0.1, 0.15) is 35.3 Å². The molecule has 0 saturated carbocycles. The molecule has 10 rings (SSSR count). The molecule has 0 spiro atoms. The van der Waals surface area contributed by atoms with Crippen LogP contribution in [0.25, 0.3) is 38.2 Å². The van der Waals surface area contributed by atoms with E-state index in [0.29, 0.717) is 62.7 Å². The van der Waals surface area contributed by atoms with Gasteiger partial charge in [-0.25, -0.2) is 77.2 Å². The van der Waals surface area contributed by atoms with Crippen LogP contribution in [0.15, 0.2) is 144 Å². The quantitative estimate of drug-likeness (QED) is 0.0410. The molecule has 0 bridgehead atoms. The monoisotopic (exact) mass is 1440 g/mol. The van der Waals surface area contributed by atoms with Crippen molar-refractivity contribution in [2.45, 2.75) is 73.9 Å². The van der Waals surface area contributed by atoms with Gasteiger partial charge in [-0.3, -0.25) is 0 Å². The Bertz CT molecular complexity index is 4940. The molecule has 0 aliphatic heterocycles. The smallest absolute Gasteiger partial charge is 0.333 e. The number of amides is 6. The summed E-state index contributed by atoms with van der Waals surface area (Å²) in [6, 6.07) is 15.8. The molecule has 6 amide bonds. The van der Waals surface area contributed by atoms with Crippen molar-refractivity contribution in [1.29, 1.82) is 0 Å². The summed E-state index contributed by atoms with van der Waals surface area (Å²) >= 11 is 0. The second-order valence-electron chi connectivity index (χ2n) is 23.3. The van der Waals surface area contributed by atoms with E-state index in [1.807, 2.05) is 40.1 Å². The first kappa shape index (κ1) is 75.1. The van der Waals surface area contributed by atoms with Crippen LogP contribution in [0.5, 0.6) is 11.8 Å². The van der Waals surface area contributed by atoms with Crippen molar-refractivity contribution in [2.75, 3.05) is 87.2 Å². The van der Waals surface area contributed by atoms with Crippen LogP contribution in [0.2, 0.25) is 0 Å². The summed E-state index contributed by atoms with van der Waals surface area (Å²) in [6.45, 7) is 14.4. The Morgan fingerprint density at radius 1 is 0.475 bits per heavy atom. The van der Waals surface area contributed by atoms with Gasteiger partial charge >= 0.3 is 18.1 Å².